The molecule has 0 N–H and O–H groups in total. The van der Waals surface area contributed by atoms with Gasteiger partial charge in [-0.25, -0.2) is 0 Å². The molecular weight excluding hydrogens is 176 g/mol. The van der Waals surface area contributed by atoms with Gasteiger partial charge in [0, 0.05) is 12.7 Å². The van der Waals surface area contributed by atoms with Crippen LogP contribution < -0.4 is 0 Å². The lowest BCUT2D eigenvalue weighted by Crippen LogP contribution is -2.07. The average molecular weight is 192 g/mol. The van der Waals surface area contributed by atoms with Gasteiger partial charge in [0.25, 0.3) is 0 Å². The highest BCUT2D eigenvalue weighted by Gasteiger charge is 2.04. The number of hydrogen-bond donors (Lipinski definition) is 0. The van der Waals surface area contributed by atoms with Crippen molar-refractivity contribution in [1.29, 1.82) is 0 Å². The van der Waals surface area contributed by atoms with Gasteiger partial charge in [0.2, 0.25) is 0 Å². The van der Waals surface area contributed by atoms with Crippen LogP contribution in [-0.4, -0.2) is 19.5 Å². The Morgan fingerprint density at radius 2 is 2.21 bits per heavy atom. The first-order chi connectivity index (χ1) is 6.77. The summed E-state index contributed by atoms with van der Waals surface area (Å²) in [4.78, 5) is 11.5. The van der Waals surface area contributed by atoms with Crippen LogP contribution in [-0.2, 0) is 11.2 Å². The Labute approximate surface area is 84.9 Å². The quantitative estimate of drug-likeness (QED) is 0.670. The van der Waals surface area contributed by atoms with Crippen molar-refractivity contribution in [2.45, 2.75) is 19.8 Å². The fraction of sp³-hybridized carbons (Fsp3) is 0.417. The molecule has 0 heterocycles. The summed E-state index contributed by atoms with van der Waals surface area (Å²) in [7, 11) is 1.54. The second-order valence-electron chi connectivity index (χ2n) is 3.31. The molecule has 0 aliphatic rings. The topological polar surface area (TPSA) is 26.3 Å². The summed E-state index contributed by atoms with van der Waals surface area (Å²) in [6.45, 7) is 2.29. The summed E-state index contributed by atoms with van der Waals surface area (Å²) in [5.41, 5.74) is 1.97. The number of methoxy groups -OCH3 is 1. The highest BCUT2D eigenvalue weighted by atomic mass is 16.5. The molecule has 1 rings (SSSR count). The standard InChI is InChI=1S/C12H16O2/c1-3-5-10-6-4-7-11(8-10)12(13)9-14-2/h4,6-8H,3,5,9H2,1-2H3. The molecule has 0 aliphatic carbocycles. The molecule has 76 valence electrons. The van der Waals surface area contributed by atoms with E-state index in [1.165, 1.54) is 12.7 Å². The number of rotatable bonds is 5. The molecule has 0 saturated heterocycles. The molecular formula is C12H16O2. The van der Waals surface area contributed by atoms with Gasteiger partial charge in [0.1, 0.15) is 6.61 Å². The van der Waals surface area contributed by atoms with E-state index in [0.717, 1.165) is 18.4 Å². The normalized spacial score (nSPS) is 10.1. The van der Waals surface area contributed by atoms with Gasteiger partial charge in [-0.1, -0.05) is 31.5 Å². The molecule has 0 unspecified atom stereocenters. The molecule has 0 bridgehead atoms. The van der Waals surface area contributed by atoms with Crippen LogP contribution in [0.2, 0.25) is 0 Å². The van der Waals surface area contributed by atoms with Crippen molar-refractivity contribution in [3.63, 3.8) is 0 Å². The Balaban J connectivity index is 2.77. The zero-order valence-corrected chi connectivity index (χ0v) is 8.75. The van der Waals surface area contributed by atoms with Gasteiger partial charge in [0.05, 0.1) is 0 Å². The highest BCUT2D eigenvalue weighted by molar-refractivity contribution is 5.97. The Bertz CT molecular complexity index is 305. The number of ether oxygens (including phenoxy) is 1. The minimum absolute atomic E-state index is 0.0467. The lowest BCUT2D eigenvalue weighted by molar-refractivity contribution is 0.0848. The van der Waals surface area contributed by atoms with Crippen LogP contribution in [0.5, 0.6) is 0 Å². The lowest BCUT2D eigenvalue weighted by atomic mass is 10.0. The number of carbonyl (C=O) groups excluding carboxylic acids is 1. The zero-order chi connectivity index (χ0) is 10.4. The predicted molar refractivity (Wildman–Crippen MR) is 56.6 cm³/mol. The van der Waals surface area contributed by atoms with E-state index < -0.39 is 0 Å². The van der Waals surface area contributed by atoms with E-state index in [2.05, 4.69) is 6.92 Å². The summed E-state index contributed by atoms with van der Waals surface area (Å²) in [5, 5.41) is 0. The first kappa shape index (κ1) is 10.9. The Morgan fingerprint density at radius 1 is 1.43 bits per heavy atom. The molecule has 0 fully saturated rings. The monoisotopic (exact) mass is 192 g/mol. The van der Waals surface area contributed by atoms with E-state index in [-0.39, 0.29) is 12.4 Å². The minimum atomic E-state index is 0.0467. The van der Waals surface area contributed by atoms with E-state index in [9.17, 15) is 4.79 Å². The number of Topliss-reactive ketones (excluding diaryl/α,β-unsaturated/α-hetero) is 1. The fourth-order valence-corrected chi connectivity index (χ4v) is 1.40. The van der Waals surface area contributed by atoms with Gasteiger partial charge < -0.3 is 4.74 Å². The maximum absolute atomic E-state index is 11.5. The van der Waals surface area contributed by atoms with Crippen molar-refractivity contribution in [2.75, 3.05) is 13.7 Å². The third-order valence-corrected chi connectivity index (χ3v) is 2.06. The molecule has 0 radical (unpaired) electrons. The van der Waals surface area contributed by atoms with Crippen molar-refractivity contribution in [2.24, 2.45) is 0 Å². The lowest BCUT2D eigenvalue weighted by Gasteiger charge is -2.02. The van der Waals surface area contributed by atoms with Crippen molar-refractivity contribution < 1.29 is 9.53 Å². The van der Waals surface area contributed by atoms with Gasteiger partial charge in [-0.3, -0.25) is 4.79 Å². The molecule has 2 heteroatoms. The van der Waals surface area contributed by atoms with E-state index in [4.69, 9.17) is 4.74 Å². The highest BCUT2D eigenvalue weighted by Crippen LogP contribution is 2.08. The summed E-state index contributed by atoms with van der Waals surface area (Å²) < 4.78 is 4.81. The molecule has 1 aromatic rings. The summed E-state index contributed by atoms with van der Waals surface area (Å²) >= 11 is 0. The van der Waals surface area contributed by atoms with Crippen LogP contribution in [0.15, 0.2) is 24.3 Å². The number of carbonyl (C=O) groups is 1. The number of benzene rings is 1. The van der Waals surface area contributed by atoms with Crippen LogP contribution in [0.3, 0.4) is 0 Å². The number of ketones is 1. The first-order valence-corrected chi connectivity index (χ1v) is 4.89. The first-order valence-electron chi connectivity index (χ1n) is 4.89. The Hall–Kier alpha value is -1.15. The maximum Gasteiger partial charge on any atom is 0.188 e. The molecule has 0 spiro atoms. The van der Waals surface area contributed by atoms with Crippen LogP contribution in [0.4, 0.5) is 0 Å². The molecule has 0 aromatic heterocycles. The van der Waals surface area contributed by atoms with Gasteiger partial charge >= 0.3 is 0 Å². The third-order valence-electron chi connectivity index (χ3n) is 2.06. The van der Waals surface area contributed by atoms with Crippen LogP contribution in [0, 0.1) is 0 Å². The van der Waals surface area contributed by atoms with E-state index in [0.29, 0.717) is 0 Å². The SMILES string of the molecule is CCCc1cccc(C(=O)COC)c1. The second-order valence-corrected chi connectivity index (χ2v) is 3.31. The van der Waals surface area contributed by atoms with Crippen molar-refractivity contribution in [1.82, 2.24) is 0 Å². The summed E-state index contributed by atoms with van der Waals surface area (Å²) in [6, 6.07) is 7.76. The van der Waals surface area contributed by atoms with Gasteiger partial charge in [-0.2, -0.15) is 0 Å². The summed E-state index contributed by atoms with van der Waals surface area (Å²) in [6.07, 6.45) is 2.12. The van der Waals surface area contributed by atoms with E-state index in [1.807, 2.05) is 24.3 Å². The van der Waals surface area contributed by atoms with Crippen LogP contribution in [0.1, 0.15) is 29.3 Å². The van der Waals surface area contributed by atoms with Crippen molar-refractivity contribution in [3.05, 3.63) is 35.4 Å². The molecule has 2 nitrogen and oxygen atoms in total. The van der Waals surface area contributed by atoms with Gasteiger partial charge in [-0.05, 0) is 18.1 Å². The maximum atomic E-state index is 11.5. The van der Waals surface area contributed by atoms with Gasteiger partial charge in [0.15, 0.2) is 5.78 Å². The minimum Gasteiger partial charge on any atom is -0.377 e. The smallest absolute Gasteiger partial charge is 0.188 e. The van der Waals surface area contributed by atoms with Crippen LogP contribution >= 0.6 is 0 Å². The molecule has 0 amide bonds. The third kappa shape index (κ3) is 2.96. The molecule has 14 heavy (non-hydrogen) atoms. The second kappa shape index (κ2) is 5.55. The molecule has 0 aliphatic heterocycles. The van der Waals surface area contributed by atoms with E-state index >= 15 is 0 Å². The summed E-state index contributed by atoms with van der Waals surface area (Å²) in [5.74, 6) is 0.0467. The largest absolute Gasteiger partial charge is 0.377 e. The van der Waals surface area contributed by atoms with Crippen molar-refractivity contribution in [3.8, 4) is 0 Å². The number of aryl methyl sites for hydroxylation is 1. The number of hydrogen-bond acceptors (Lipinski definition) is 2. The van der Waals surface area contributed by atoms with Crippen molar-refractivity contribution >= 4 is 5.78 Å². The Kier molecular flexibility index (Phi) is 4.33. The van der Waals surface area contributed by atoms with Crippen LogP contribution in [0.25, 0.3) is 0 Å². The molecule has 0 atom stereocenters. The van der Waals surface area contributed by atoms with Gasteiger partial charge in [-0.15, -0.1) is 0 Å². The predicted octanol–water partition coefficient (Wildman–Crippen LogP) is 2.47. The fourth-order valence-electron chi connectivity index (χ4n) is 1.40. The van der Waals surface area contributed by atoms with E-state index in [1.54, 1.807) is 0 Å². The molecule has 0 saturated carbocycles. The molecule has 1 aromatic carbocycles. The average Bonchev–Trinajstić information content (AvgIpc) is 2.19. The zero-order valence-electron chi connectivity index (χ0n) is 8.75. The Morgan fingerprint density at radius 3 is 2.86 bits per heavy atom.